The van der Waals surface area contributed by atoms with Crippen LogP contribution in [0.1, 0.15) is 57.2 Å². The number of fused-ring (bicyclic) bond motifs is 2. The molecule has 1 aliphatic carbocycles. The Kier molecular flexibility index (Phi) is 5.19. The molecule has 30 heavy (non-hydrogen) atoms. The van der Waals surface area contributed by atoms with Gasteiger partial charge < -0.3 is 5.32 Å². The van der Waals surface area contributed by atoms with Gasteiger partial charge in [0, 0.05) is 11.5 Å². The lowest BCUT2D eigenvalue weighted by Crippen LogP contribution is -2.33. The lowest BCUT2D eigenvalue weighted by atomic mass is 9.63. The summed E-state index contributed by atoms with van der Waals surface area (Å²) in [7, 11) is 0. The summed E-state index contributed by atoms with van der Waals surface area (Å²) in [6, 6.07) is 14.1. The van der Waals surface area contributed by atoms with Gasteiger partial charge in [0.2, 0.25) is 5.91 Å². The van der Waals surface area contributed by atoms with E-state index in [1.807, 2.05) is 30.3 Å². The zero-order chi connectivity index (χ0) is 21.5. The first-order chi connectivity index (χ1) is 14.2. The second kappa shape index (κ2) is 7.55. The van der Waals surface area contributed by atoms with Crippen LogP contribution >= 0.6 is 11.6 Å². The molecule has 0 saturated carbocycles. The van der Waals surface area contributed by atoms with E-state index in [2.05, 4.69) is 56.2 Å². The Morgan fingerprint density at radius 1 is 1.03 bits per heavy atom. The van der Waals surface area contributed by atoms with Gasteiger partial charge in [-0.1, -0.05) is 75.7 Å². The minimum Gasteiger partial charge on any atom is -0.320 e. The third-order valence-corrected chi connectivity index (χ3v) is 6.68. The van der Waals surface area contributed by atoms with Crippen LogP contribution in [0, 0.1) is 0 Å². The summed E-state index contributed by atoms with van der Waals surface area (Å²) >= 11 is 6.46. The number of benzene rings is 2. The molecule has 1 amide bonds. The van der Waals surface area contributed by atoms with E-state index in [-0.39, 0.29) is 16.7 Å². The van der Waals surface area contributed by atoms with Gasteiger partial charge in [0.15, 0.2) is 0 Å². The molecule has 0 bridgehead atoms. The number of nitrogens with one attached hydrogen (secondary N) is 1. The summed E-state index contributed by atoms with van der Waals surface area (Å²) in [5.74, 6) is -0.230. The van der Waals surface area contributed by atoms with Crippen LogP contribution in [0.3, 0.4) is 0 Å². The van der Waals surface area contributed by atoms with Crippen molar-refractivity contribution in [3.63, 3.8) is 0 Å². The molecule has 1 aromatic heterocycles. The molecule has 3 nitrogen and oxygen atoms in total. The summed E-state index contributed by atoms with van der Waals surface area (Å²) in [5.41, 5.74) is 5.45. The van der Waals surface area contributed by atoms with Crippen molar-refractivity contribution in [2.45, 2.75) is 51.4 Å². The van der Waals surface area contributed by atoms with Gasteiger partial charge in [0.1, 0.15) is 0 Å². The Balaban J connectivity index is 1.56. The Bertz CT molecular complexity index is 1160. The van der Waals surface area contributed by atoms with Crippen molar-refractivity contribution in [1.82, 2.24) is 4.98 Å². The van der Waals surface area contributed by atoms with Crippen LogP contribution in [-0.2, 0) is 15.6 Å². The average molecular weight is 419 g/mol. The first-order valence-electron chi connectivity index (χ1n) is 10.3. The van der Waals surface area contributed by atoms with Crippen molar-refractivity contribution in [3.8, 4) is 0 Å². The smallest absolute Gasteiger partial charge is 0.248 e. The number of para-hydroxylation sites is 1. The SMILES string of the molecule is CC1(C)CCC(C)(C)c2cc(C=CC(=O)Nc3cnc4ccccc4c3Cl)ccc21. The van der Waals surface area contributed by atoms with Crippen molar-refractivity contribution in [2.75, 3.05) is 5.32 Å². The number of amides is 1. The fourth-order valence-corrected chi connectivity index (χ4v) is 4.51. The first kappa shape index (κ1) is 20.6. The minimum absolute atomic E-state index is 0.140. The zero-order valence-electron chi connectivity index (χ0n) is 17.9. The van der Waals surface area contributed by atoms with Crippen LogP contribution in [0.5, 0.6) is 0 Å². The van der Waals surface area contributed by atoms with E-state index in [0.29, 0.717) is 10.7 Å². The van der Waals surface area contributed by atoms with Gasteiger partial charge in [0.25, 0.3) is 0 Å². The Labute approximate surface area is 183 Å². The molecule has 0 aliphatic heterocycles. The second-order valence-electron chi connectivity index (χ2n) is 9.40. The van der Waals surface area contributed by atoms with E-state index in [1.54, 1.807) is 12.3 Å². The highest BCUT2D eigenvalue weighted by atomic mass is 35.5. The lowest BCUT2D eigenvalue weighted by Gasteiger charge is -2.42. The topological polar surface area (TPSA) is 42.0 Å². The molecule has 0 radical (unpaired) electrons. The molecule has 4 heteroatoms. The van der Waals surface area contributed by atoms with Crippen molar-refractivity contribution >= 4 is 40.2 Å². The molecule has 4 rings (SSSR count). The summed E-state index contributed by atoms with van der Waals surface area (Å²) in [6.07, 6.45) is 7.35. The van der Waals surface area contributed by atoms with Crippen LogP contribution in [0.2, 0.25) is 5.02 Å². The summed E-state index contributed by atoms with van der Waals surface area (Å²) < 4.78 is 0. The third kappa shape index (κ3) is 3.87. The van der Waals surface area contributed by atoms with E-state index in [4.69, 9.17) is 11.6 Å². The third-order valence-electron chi connectivity index (χ3n) is 6.27. The highest BCUT2D eigenvalue weighted by Crippen LogP contribution is 2.46. The average Bonchev–Trinajstić information content (AvgIpc) is 2.72. The molecular weight excluding hydrogens is 392 g/mol. The van der Waals surface area contributed by atoms with Gasteiger partial charge in [-0.2, -0.15) is 0 Å². The Morgan fingerprint density at radius 2 is 1.73 bits per heavy atom. The summed E-state index contributed by atoms with van der Waals surface area (Å²) in [4.78, 5) is 16.9. The van der Waals surface area contributed by atoms with Crippen molar-refractivity contribution in [1.29, 1.82) is 0 Å². The molecule has 1 heterocycles. The number of rotatable bonds is 3. The fraction of sp³-hybridized carbons (Fsp3) is 0.308. The number of hydrogen-bond acceptors (Lipinski definition) is 2. The molecular formula is C26H27ClN2O. The molecule has 0 saturated heterocycles. The van der Waals surface area contributed by atoms with E-state index in [1.165, 1.54) is 17.5 Å². The number of halogens is 1. The number of aromatic nitrogens is 1. The first-order valence-corrected chi connectivity index (χ1v) is 10.7. The molecule has 1 aliphatic rings. The fourth-order valence-electron chi connectivity index (χ4n) is 4.25. The highest BCUT2D eigenvalue weighted by Gasteiger charge is 2.36. The second-order valence-corrected chi connectivity index (χ2v) is 9.78. The molecule has 3 aromatic rings. The number of carbonyl (C=O) groups excluding carboxylic acids is 1. The van der Waals surface area contributed by atoms with E-state index in [9.17, 15) is 4.79 Å². The number of hydrogen-bond donors (Lipinski definition) is 1. The monoisotopic (exact) mass is 418 g/mol. The molecule has 154 valence electrons. The Hall–Kier alpha value is -2.65. The van der Waals surface area contributed by atoms with Crippen LogP contribution in [0.25, 0.3) is 17.0 Å². The van der Waals surface area contributed by atoms with Crippen molar-refractivity contribution in [3.05, 3.63) is 76.5 Å². The van der Waals surface area contributed by atoms with Crippen molar-refractivity contribution in [2.24, 2.45) is 0 Å². The predicted molar refractivity (Wildman–Crippen MR) is 126 cm³/mol. The van der Waals surface area contributed by atoms with E-state index in [0.717, 1.165) is 22.9 Å². The zero-order valence-corrected chi connectivity index (χ0v) is 18.7. The van der Waals surface area contributed by atoms with Crippen LogP contribution in [-0.4, -0.2) is 10.9 Å². The largest absolute Gasteiger partial charge is 0.320 e. The van der Waals surface area contributed by atoms with Gasteiger partial charge in [-0.05, 0) is 52.5 Å². The molecule has 0 unspecified atom stereocenters. The summed E-state index contributed by atoms with van der Waals surface area (Å²) in [6.45, 7) is 9.22. The van der Waals surface area contributed by atoms with Gasteiger partial charge >= 0.3 is 0 Å². The Morgan fingerprint density at radius 3 is 2.50 bits per heavy atom. The van der Waals surface area contributed by atoms with E-state index < -0.39 is 0 Å². The standard InChI is InChI=1S/C26H27ClN2O/c1-25(2)13-14-26(3,4)20-15-17(9-11-19(20)25)10-12-23(30)29-22-16-28-21-8-6-5-7-18(21)24(22)27/h5-12,15-16H,13-14H2,1-4H3,(H,29,30). The van der Waals surface area contributed by atoms with Gasteiger partial charge in [-0.15, -0.1) is 0 Å². The maximum atomic E-state index is 12.5. The van der Waals surface area contributed by atoms with Crippen LogP contribution in [0.4, 0.5) is 5.69 Å². The minimum atomic E-state index is -0.230. The number of anilines is 1. The highest BCUT2D eigenvalue weighted by molar-refractivity contribution is 6.38. The van der Waals surface area contributed by atoms with Gasteiger partial charge in [0.05, 0.1) is 22.4 Å². The number of pyridine rings is 1. The maximum absolute atomic E-state index is 12.5. The molecule has 0 fully saturated rings. The van der Waals surface area contributed by atoms with Gasteiger partial charge in [-0.3, -0.25) is 9.78 Å². The van der Waals surface area contributed by atoms with Crippen LogP contribution in [0.15, 0.2) is 54.7 Å². The predicted octanol–water partition coefficient (Wildman–Crippen LogP) is 6.89. The van der Waals surface area contributed by atoms with Gasteiger partial charge in [-0.25, -0.2) is 0 Å². The molecule has 0 atom stereocenters. The van der Waals surface area contributed by atoms with Crippen LogP contribution < -0.4 is 5.32 Å². The van der Waals surface area contributed by atoms with Crippen molar-refractivity contribution < 1.29 is 4.79 Å². The number of nitrogens with zero attached hydrogens (tertiary/aromatic N) is 1. The number of carbonyl (C=O) groups is 1. The van der Waals surface area contributed by atoms with E-state index >= 15 is 0 Å². The normalized spacial score (nSPS) is 17.1. The maximum Gasteiger partial charge on any atom is 0.248 e. The molecule has 1 N–H and O–H groups in total. The summed E-state index contributed by atoms with van der Waals surface area (Å²) in [5, 5.41) is 4.16. The lowest BCUT2D eigenvalue weighted by molar-refractivity contribution is -0.111. The molecule has 2 aromatic carbocycles. The molecule has 0 spiro atoms. The quantitative estimate of drug-likeness (QED) is 0.470.